The molecule has 3 aromatic rings. The summed E-state index contributed by atoms with van der Waals surface area (Å²) in [5.74, 6) is 2.92. The van der Waals surface area contributed by atoms with Gasteiger partial charge < -0.3 is 9.80 Å². The van der Waals surface area contributed by atoms with Gasteiger partial charge in [0.2, 0.25) is 0 Å². The van der Waals surface area contributed by atoms with E-state index in [2.05, 4.69) is 52.5 Å². The molecule has 1 fully saturated rings. The van der Waals surface area contributed by atoms with Gasteiger partial charge in [-0.3, -0.25) is 20.6 Å². The largest absolute Gasteiger partial charge is 0.353 e. The summed E-state index contributed by atoms with van der Waals surface area (Å²) in [7, 11) is 0. The number of nitrogens with one attached hydrogen (secondary N) is 2. The molecule has 0 aliphatic carbocycles. The third-order valence-corrected chi connectivity index (χ3v) is 6.30. The highest BCUT2D eigenvalue weighted by Gasteiger charge is 2.20. The Morgan fingerprint density at radius 1 is 0.939 bits per heavy atom. The third kappa shape index (κ3) is 5.17. The third-order valence-electron chi connectivity index (χ3n) is 5.41. The van der Waals surface area contributed by atoms with Gasteiger partial charge in [0.1, 0.15) is 28.3 Å². The van der Waals surface area contributed by atoms with E-state index in [1.807, 2.05) is 29.6 Å². The molecular weight excluding hydrogens is 436 g/mol. The first-order valence-corrected chi connectivity index (χ1v) is 11.7. The quantitative estimate of drug-likeness (QED) is 0.616. The van der Waals surface area contributed by atoms with Crippen LogP contribution < -0.4 is 15.5 Å². The van der Waals surface area contributed by atoms with Gasteiger partial charge in [-0.1, -0.05) is 12.1 Å². The van der Waals surface area contributed by atoms with E-state index in [-0.39, 0.29) is 6.03 Å². The number of hydrogen-bond acceptors (Lipinski definition) is 8. The molecule has 0 spiro atoms. The minimum Gasteiger partial charge on any atom is -0.353 e. The Bertz CT molecular complexity index is 1170. The number of aliphatic imine (C=N–C) groups is 1. The van der Waals surface area contributed by atoms with Crippen molar-refractivity contribution in [3.05, 3.63) is 60.3 Å². The molecule has 0 atom stereocenters. The second kappa shape index (κ2) is 9.78. The van der Waals surface area contributed by atoms with Crippen molar-refractivity contribution in [1.29, 1.82) is 0 Å². The molecule has 3 aromatic heterocycles. The van der Waals surface area contributed by atoms with Gasteiger partial charge in [-0.25, -0.2) is 14.8 Å². The second-order valence-electron chi connectivity index (χ2n) is 7.64. The van der Waals surface area contributed by atoms with Crippen LogP contribution >= 0.6 is 11.3 Å². The van der Waals surface area contributed by atoms with E-state index in [0.717, 1.165) is 61.4 Å². The fourth-order valence-corrected chi connectivity index (χ4v) is 4.51. The van der Waals surface area contributed by atoms with Crippen molar-refractivity contribution in [2.24, 2.45) is 4.99 Å². The summed E-state index contributed by atoms with van der Waals surface area (Å²) in [5, 5.41) is 8.21. The van der Waals surface area contributed by atoms with E-state index in [1.165, 1.54) is 11.3 Å². The van der Waals surface area contributed by atoms with Gasteiger partial charge in [-0.2, -0.15) is 0 Å². The van der Waals surface area contributed by atoms with Crippen molar-refractivity contribution in [2.45, 2.75) is 6.42 Å². The van der Waals surface area contributed by atoms with Crippen LogP contribution in [0.3, 0.4) is 0 Å². The van der Waals surface area contributed by atoms with Gasteiger partial charge in [-0.05, 0) is 36.8 Å². The lowest BCUT2D eigenvalue weighted by Crippen LogP contribution is -2.49. The Labute approximate surface area is 195 Å². The SMILES string of the molecule is O=C(Nc1cccc(N2CCN(C3=NCCC=C3)CC2)n1)Nc1csc(-c2ccncc2)n1. The molecule has 0 radical (unpaired) electrons. The Morgan fingerprint density at radius 2 is 1.73 bits per heavy atom. The number of carbonyl (C=O) groups is 1. The molecule has 0 unspecified atom stereocenters. The van der Waals surface area contributed by atoms with Crippen molar-refractivity contribution >= 4 is 40.7 Å². The molecule has 0 saturated carbocycles. The summed E-state index contributed by atoms with van der Waals surface area (Å²) >= 11 is 1.46. The predicted octanol–water partition coefficient (Wildman–Crippen LogP) is 3.72. The number of nitrogens with zero attached hydrogens (tertiary/aromatic N) is 6. The van der Waals surface area contributed by atoms with Crippen LogP contribution in [0.1, 0.15) is 6.42 Å². The van der Waals surface area contributed by atoms with E-state index < -0.39 is 0 Å². The molecule has 0 aromatic carbocycles. The van der Waals surface area contributed by atoms with E-state index in [1.54, 1.807) is 18.5 Å². The molecule has 168 valence electrons. The maximum Gasteiger partial charge on any atom is 0.326 e. The number of pyridine rings is 2. The highest BCUT2D eigenvalue weighted by Crippen LogP contribution is 2.25. The fourth-order valence-electron chi connectivity index (χ4n) is 3.76. The molecule has 2 amide bonds. The summed E-state index contributed by atoms with van der Waals surface area (Å²) in [6.07, 6.45) is 8.76. The van der Waals surface area contributed by atoms with Gasteiger partial charge in [0.15, 0.2) is 0 Å². The summed E-state index contributed by atoms with van der Waals surface area (Å²) in [4.78, 5) is 34.8. The molecule has 2 N–H and O–H groups in total. The standard InChI is InChI=1S/C23H24N8OS/c32-23(29-19-16-33-22(27-19)17-7-10-24-11-8-17)28-18-4-3-6-21(26-18)31-14-12-30(13-15-31)20-5-1-2-9-25-20/h1,3-8,10-11,16H,2,9,12-15H2,(H2,26,28,29,32). The van der Waals surface area contributed by atoms with Crippen molar-refractivity contribution in [3.8, 4) is 10.6 Å². The van der Waals surface area contributed by atoms with Crippen LogP contribution in [0.5, 0.6) is 0 Å². The molecule has 5 heterocycles. The summed E-state index contributed by atoms with van der Waals surface area (Å²) in [6, 6.07) is 9.05. The molecule has 5 rings (SSSR count). The number of carbonyl (C=O) groups excluding carboxylic acids is 1. The van der Waals surface area contributed by atoms with Crippen LogP contribution in [0.25, 0.3) is 10.6 Å². The summed E-state index contributed by atoms with van der Waals surface area (Å²) < 4.78 is 0. The average Bonchev–Trinajstić information content (AvgIpc) is 3.34. The number of amidine groups is 1. The van der Waals surface area contributed by atoms with E-state index in [0.29, 0.717) is 11.6 Å². The minimum absolute atomic E-state index is 0.377. The monoisotopic (exact) mass is 460 g/mol. The van der Waals surface area contributed by atoms with Crippen LogP contribution in [0.2, 0.25) is 0 Å². The first-order chi connectivity index (χ1) is 16.2. The molecule has 10 heteroatoms. The topological polar surface area (TPSA) is 98.6 Å². The zero-order valence-electron chi connectivity index (χ0n) is 18.0. The molecule has 0 bridgehead atoms. The molecule has 2 aliphatic heterocycles. The molecule has 1 saturated heterocycles. The zero-order chi connectivity index (χ0) is 22.5. The summed E-state index contributed by atoms with van der Waals surface area (Å²) in [6.45, 7) is 4.37. The maximum absolute atomic E-state index is 12.5. The Morgan fingerprint density at radius 3 is 2.52 bits per heavy atom. The molecule has 33 heavy (non-hydrogen) atoms. The van der Waals surface area contributed by atoms with Crippen LogP contribution in [-0.4, -0.2) is 64.4 Å². The van der Waals surface area contributed by atoms with Crippen LogP contribution in [0.4, 0.5) is 22.2 Å². The highest BCUT2D eigenvalue weighted by atomic mass is 32.1. The van der Waals surface area contributed by atoms with E-state index in [4.69, 9.17) is 0 Å². The number of anilines is 3. The summed E-state index contributed by atoms with van der Waals surface area (Å²) in [5.41, 5.74) is 0.963. The number of dihydropyridines is 1. The number of piperazine rings is 1. The minimum atomic E-state index is -0.377. The van der Waals surface area contributed by atoms with Gasteiger partial charge in [-0.15, -0.1) is 11.3 Å². The average molecular weight is 461 g/mol. The number of aromatic nitrogens is 3. The van der Waals surface area contributed by atoms with Crippen molar-refractivity contribution < 1.29 is 4.79 Å². The van der Waals surface area contributed by atoms with Crippen molar-refractivity contribution in [3.63, 3.8) is 0 Å². The Hall–Kier alpha value is -3.79. The number of hydrogen-bond donors (Lipinski definition) is 2. The fraction of sp³-hybridized carbons (Fsp3) is 0.261. The van der Waals surface area contributed by atoms with Gasteiger partial charge in [0.25, 0.3) is 0 Å². The van der Waals surface area contributed by atoms with Crippen molar-refractivity contribution in [2.75, 3.05) is 48.3 Å². The first kappa shape index (κ1) is 21.1. The lowest BCUT2D eigenvalue weighted by atomic mass is 10.2. The Kier molecular flexibility index (Phi) is 6.25. The lowest BCUT2D eigenvalue weighted by molar-refractivity contribution is 0.262. The van der Waals surface area contributed by atoms with E-state index >= 15 is 0 Å². The molecule has 2 aliphatic rings. The van der Waals surface area contributed by atoms with Crippen molar-refractivity contribution in [1.82, 2.24) is 19.9 Å². The predicted molar refractivity (Wildman–Crippen MR) is 132 cm³/mol. The maximum atomic E-state index is 12.5. The van der Waals surface area contributed by atoms with Gasteiger partial charge in [0.05, 0.1) is 0 Å². The number of thiazole rings is 1. The molecule has 9 nitrogen and oxygen atoms in total. The smallest absolute Gasteiger partial charge is 0.326 e. The van der Waals surface area contributed by atoms with E-state index in [9.17, 15) is 4.79 Å². The van der Waals surface area contributed by atoms with Crippen LogP contribution in [0, 0.1) is 0 Å². The second-order valence-corrected chi connectivity index (χ2v) is 8.50. The van der Waals surface area contributed by atoms with Crippen LogP contribution in [0.15, 0.2) is 65.3 Å². The first-order valence-electron chi connectivity index (χ1n) is 10.9. The normalized spacial score (nSPS) is 15.8. The Balaban J connectivity index is 1.17. The zero-order valence-corrected chi connectivity index (χ0v) is 18.8. The number of rotatable bonds is 4. The number of amides is 2. The number of urea groups is 1. The van der Waals surface area contributed by atoms with Crippen LogP contribution in [-0.2, 0) is 0 Å². The molecular formula is C23H24N8OS. The highest BCUT2D eigenvalue weighted by molar-refractivity contribution is 7.13. The van der Waals surface area contributed by atoms with Gasteiger partial charge in [0, 0.05) is 56.1 Å². The van der Waals surface area contributed by atoms with Gasteiger partial charge >= 0.3 is 6.03 Å². The lowest BCUT2D eigenvalue weighted by Gasteiger charge is -2.37.